The van der Waals surface area contributed by atoms with E-state index in [1.54, 1.807) is 37.3 Å². The van der Waals surface area contributed by atoms with Crippen molar-refractivity contribution in [2.45, 2.75) is 25.3 Å². The number of halogens is 2. The second-order valence-corrected chi connectivity index (χ2v) is 10.8. The Labute approximate surface area is 236 Å². The zero-order valence-corrected chi connectivity index (χ0v) is 23.0. The smallest absolute Gasteiger partial charge is 0.317 e. The Bertz CT molecular complexity index is 1870. The Kier molecular flexibility index (Phi) is 6.61. The van der Waals surface area contributed by atoms with E-state index in [4.69, 9.17) is 23.9 Å². The van der Waals surface area contributed by atoms with Gasteiger partial charge in [-0.25, -0.2) is 13.8 Å². The number of carbonyl (C=O) groups excluding carboxylic acids is 1. The summed E-state index contributed by atoms with van der Waals surface area (Å²) in [4.78, 5) is 32.0. The van der Waals surface area contributed by atoms with Gasteiger partial charge < -0.3 is 18.9 Å². The van der Waals surface area contributed by atoms with Crippen LogP contribution in [0.15, 0.2) is 70.5 Å². The second kappa shape index (κ2) is 10.2. The van der Waals surface area contributed by atoms with E-state index in [0.29, 0.717) is 37.5 Å². The summed E-state index contributed by atoms with van der Waals surface area (Å²) in [5, 5.41) is 0. The second-order valence-electron chi connectivity index (χ2n) is 9.76. The molecule has 0 saturated carbocycles. The maximum absolute atomic E-state index is 14.1. The largest absolute Gasteiger partial charge is 0.496 e. The molecule has 41 heavy (non-hydrogen) atoms. The standard InChI is InChI=1S/C30H24F2N2O6S/c1-30-25(28(36)38-3)26(19-6-4-5-7-22(19)40-30)34-27(35)24(41-29(34)33-30)13-16-8-10-21(37-2)17(12-16)15-39-23-11-9-18(31)14-20(23)32/h4-14,25-26H,15H2,1-3H3/t25-,26-,30-/m1/s1. The van der Waals surface area contributed by atoms with Gasteiger partial charge in [0, 0.05) is 17.2 Å². The van der Waals surface area contributed by atoms with Crippen LogP contribution in [-0.4, -0.2) is 30.5 Å². The maximum atomic E-state index is 14.1. The number of fused-ring (bicyclic) bond motifs is 6. The summed E-state index contributed by atoms with van der Waals surface area (Å²) in [6, 6.07) is 14.9. The molecule has 0 amide bonds. The van der Waals surface area contributed by atoms with E-state index >= 15 is 0 Å². The minimum Gasteiger partial charge on any atom is -0.496 e. The lowest BCUT2D eigenvalue weighted by atomic mass is 9.81. The van der Waals surface area contributed by atoms with E-state index in [1.165, 1.54) is 36.2 Å². The quantitative estimate of drug-likeness (QED) is 0.324. The van der Waals surface area contributed by atoms with Gasteiger partial charge in [0.1, 0.15) is 29.8 Å². The van der Waals surface area contributed by atoms with Crippen molar-refractivity contribution in [3.05, 3.63) is 109 Å². The topological polar surface area (TPSA) is 88.4 Å². The Morgan fingerprint density at radius 3 is 2.66 bits per heavy atom. The van der Waals surface area contributed by atoms with Crippen LogP contribution in [0.2, 0.25) is 0 Å². The Morgan fingerprint density at radius 1 is 1.12 bits per heavy atom. The molecular formula is C30H24F2N2O6S. The zero-order chi connectivity index (χ0) is 28.9. The van der Waals surface area contributed by atoms with Gasteiger partial charge >= 0.3 is 5.97 Å². The van der Waals surface area contributed by atoms with Crippen LogP contribution >= 0.6 is 11.3 Å². The van der Waals surface area contributed by atoms with Crippen molar-refractivity contribution in [1.29, 1.82) is 0 Å². The highest BCUT2D eigenvalue weighted by Crippen LogP contribution is 2.47. The summed E-state index contributed by atoms with van der Waals surface area (Å²) in [5.74, 6) is -1.97. The molecule has 3 atom stereocenters. The van der Waals surface area contributed by atoms with Gasteiger partial charge in [-0.05, 0) is 48.9 Å². The summed E-state index contributed by atoms with van der Waals surface area (Å²) in [7, 11) is 2.80. The van der Waals surface area contributed by atoms with Crippen molar-refractivity contribution in [2.75, 3.05) is 14.2 Å². The Hall–Kier alpha value is -4.51. The lowest BCUT2D eigenvalue weighted by Gasteiger charge is -2.44. The molecule has 0 N–H and O–H groups in total. The number of thiazole rings is 1. The molecule has 2 aliphatic heterocycles. The van der Waals surface area contributed by atoms with Crippen molar-refractivity contribution < 1.29 is 32.5 Å². The first kappa shape index (κ1) is 26.7. The molecule has 3 aromatic carbocycles. The van der Waals surface area contributed by atoms with Crippen molar-refractivity contribution in [2.24, 2.45) is 10.9 Å². The number of hydrogen-bond donors (Lipinski definition) is 0. The molecule has 6 rings (SSSR count). The Balaban J connectivity index is 1.43. The molecule has 0 spiro atoms. The number of para-hydroxylation sites is 1. The van der Waals surface area contributed by atoms with E-state index in [1.807, 2.05) is 18.2 Å². The Morgan fingerprint density at radius 2 is 1.90 bits per heavy atom. The van der Waals surface area contributed by atoms with Crippen molar-refractivity contribution in [3.8, 4) is 17.2 Å². The normalized spacial score (nSPS) is 20.8. The molecule has 0 fully saturated rings. The highest BCUT2D eigenvalue weighted by molar-refractivity contribution is 7.07. The van der Waals surface area contributed by atoms with Gasteiger partial charge in [0.25, 0.3) is 5.56 Å². The van der Waals surface area contributed by atoms with Gasteiger partial charge in [-0.15, -0.1) is 0 Å². The molecule has 8 nitrogen and oxygen atoms in total. The fraction of sp³-hybridized carbons (Fsp3) is 0.233. The third-order valence-corrected chi connectivity index (χ3v) is 8.20. The van der Waals surface area contributed by atoms with Gasteiger partial charge in [0.2, 0.25) is 5.72 Å². The molecule has 4 aromatic rings. The van der Waals surface area contributed by atoms with Crippen LogP contribution in [0.4, 0.5) is 8.78 Å². The molecule has 2 aliphatic rings. The number of ether oxygens (including phenoxy) is 4. The van der Waals surface area contributed by atoms with Gasteiger partial charge in [0.15, 0.2) is 16.4 Å². The molecule has 0 aliphatic carbocycles. The first-order valence-electron chi connectivity index (χ1n) is 12.7. The number of hydrogen-bond acceptors (Lipinski definition) is 8. The van der Waals surface area contributed by atoms with Crippen LogP contribution in [0.25, 0.3) is 6.08 Å². The molecule has 1 aromatic heterocycles. The van der Waals surface area contributed by atoms with Crippen LogP contribution in [-0.2, 0) is 16.1 Å². The van der Waals surface area contributed by atoms with E-state index in [2.05, 4.69) is 0 Å². The highest BCUT2D eigenvalue weighted by atomic mass is 32.1. The number of carbonyl (C=O) groups is 1. The van der Waals surface area contributed by atoms with Gasteiger partial charge in [-0.2, -0.15) is 0 Å². The summed E-state index contributed by atoms with van der Waals surface area (Å²) < 4.78 is 51.6. The highest BCUT2D eigenvalue weighted by Gasteiger charge is 2.55. The van der Waals surface area contributed by atoms with Crippen LogP contribution in [0.5, 0.6) is 17.2 Å². The first-order chi connectivity index (χ1) is 19.7. The SMILES string of the molecule is COC(=O)[C@H]1[C@H]2c3ccccc3O[C@@]1(C)N=c1sc(=Cc3ccc(OC)c(COc4ccc(F)cc4F)c3)c(=O)n12. The molecule has 0 radical (unpaired) electrons. The van der Waals surface area contributed by atoms with Crippen molar-refractivity contribution in [1.82, 2.24) is 4.57 Å². The molecule has 2 bridgehead atoms. The summed E-state index contributed by atoms with van der Waals surface area (Å²) in [6.07, 6.45) is 1.71. The predicted octanol–water partition coefficient (Wildman–Crippen LogP) is 3.72. The van der Waals surface area contributed by atoms with E-state index in [9.17, 15) is 18.4 Å². The van der Waals surface area contributed by atoms with Crippen molar-refractivity contribution >= 4 is 23.4 Å². The number of esters is 1. The number of nitrogens with zero attached hydrogens (tertiary/aromatic N) is 2. The lowest BCUT2D eigenvalue weighted by Crippen LogP contribution is -2.58. The van der Waals surface area contributed by atoms with Crippen LogP contribution in [0.1, 0.15) is 29.7 Å². The minimum atomic E-state index is -1.26. The monoisotopic (exact) mass is 578 g/mol. The van der Waals surface area contributed by atoms with E-state index in [0.717, 1.165) is 12.1 Å². The van der Waals surface area contributed by atoms with E-state index in [-0.39, 0.29) is 17.9 Å². The third kappa shape index (κ3) is 4.55. The summed E-state index contributed by atoms with van der Waals surface area (Å²) in [5.41, 5.74) is 0.373. The number of rotatable bonds is 6. The average molecular weight is 579 g/mol. The molecule has 0 unspecified atom stereocenters. The fourth-order valence-corrected chi connectivity index (χ4v) is 6.43. The molecule has 0 saturated heterocycles. The number of aromatic nitrogens is 1. The molecular weight excluding hydrogens is 554 g/mol. The van der Waals surface area contributed by atoms with Gasteiger partial charge in [-0.3, -0.25) is 14.2 Å². The van der Waals surface area contributed by atoms with Crippen LogP contribution in [0, 0.1) is 17.6 Å². The summed E-state index contributed by atoms with van der Waals surface area (Å²) in [6.45, 7) is 1.66. The van der Waals surface area contributed by atoms with Crippen molar-refractivity contribution in [3.63, 3.8) is 0 Å². The zero-order valence-electron chi connectivity index (χ0n) is 22.2. The first-order valence-corrected chi connectivity index (χ1v) is 13.5. The molecule has 210 valence electrons. The number of methoxy groups -OCH3 is 2. The van der Waals surface area contributed by atoms with E-state index < -0.39 is 35.3 Å². The summed E-state index contributed by atoms with van der Waals surface area (Å²) >= 11 is 1.19. The third-order valence-electron chi connectivity index (χ3n) is 7.21. The van der Waals surface area contributed by atoms with Crippen LogP contribution < -0.4 is 29.1 Å². The minimum absolute atomic E-state index is 0.0575. The number of benzene rings is 3. The predicted molar refractivity (Wildman–Crippen MR) is 146 cm³/mol. The fourth-order valence-electron chi connectivity index (χ4n) is 5.33. The molecule has 3 heterocycles. The average Bonchev–Trinajstić information content (AvgIpc) is 3.24. The van der Waals surface area contributed by atoms with Crippen LogP contribution in [0.3, 0.4) is 0 Å². The lowest BCUT2D eigenvalue weighted by molar-refractivity contribution is -0.158. The van der Waals surface area contributed by atoms with Gasteiger partial charge in [0.05, 0.1) is 24.8 Å². The van der Waals surface area contributed by atoms with Gasteiger partial charge in [-0.1, -0.05) is 35.6 Å². The molecule has 11 heteroatoms. The maximum Gasteiger partial charge on any atom is 0.317 e.